The van der Waals surface area contributed by atoms with E-state index in [1.165, 1.54) is 10.7 Å². The number of anilines is 2. The highest BCUT2D eigenvalue weighted by Gasteiger charge is 2.24. The number of para-hydroxylation sites is 1. The zero-order chi connectivity index (χ0) is 22.5. The van der Waals surface area contributed by atoms with E-state index in [4.69, 9.17) is 4.74 Å². The van der Waals surface area contributed by atoms with Gasteiger partial charge in [-0.05, 0) is 24.6 Å². The Morgan fingerprint density at radius 2 is 1.94 bits per heavy atom. The molecule has 0 amide bonds. The fourth-order valence-electron chi connectivity index (χ4n) is 4.11. The van der Waals surface area contributed by atoms with Crippen molar-refractivity contribution in [3.8, 4) is 16.9 Å². The Morgan fingerprint density at radius 3 is 2.72 bits per heavy atom. The van der Waals surface area contributed by atoms with Gasteiger partial charge in [-0.2, -0.15) is 13.5 Å². The summed E-state index contributed by atoms with van der Waals surface area (Å²) in [5.74, 6) is 0.794. The standard InChI is InChI=1S/C22H24N6O3S/c1-26-11-5-13-31-21-15(6-4-7-18(21)26)16-14-27(2)22-20(16)17(8-10-23-22)25-32(29,30)19-9-12-28(3)24-19/h4,6-10,12,14H,5,11,13H2,1-3H3,(H,23,25). The molecule has 0 atom stereocenters. The van der Waals surface area contributed by atoms with Crippen molar-refractivity contribution in [2.45, 2.75) is 11.4 Å². The number of ether oxygens (including phenoxy) is 1. The molecule has 1 aliphatic heterocycles. The van der Waals surface area contributed by atoms with Crippen molar-refractivity contribution in [3.05, 3.63) is 48.9 Å². The number of aryl methyl sites for hydroxylation is 2. The number of pyridine rings is 1. The lowest BCUT2D eigenvalue weighted by Gasteiger charge is -2.20. The molecule has 0 fully saturated rings. The molecule has 5 rings (SSSR count). The molecule has 32 heavy (non-hydrogen) atoms. The molecule has 0 saturated carbocycles. The predicted octanol–water partition coefficient (Wildman–Crippen LogP) is 2.99. The first kappa shape index (κ1) is 20.4. The van der Waals surface area contributed by atoms with Gasteiger partial charge in [-0.25, -0.2) is 4.98 Å². The van der Waals surface area contributed by atoms with Crippen LogP contribution in [0, 0.1) is 0 Å². The average Bonchev–Trinajstić information content (AvgIpc) is 3.29. The van der Waals surface area contributed by atoms with E-state index in [1.54, 1.807) is 25.5 Å². The van der Waals surface area contributed by atoms with Crippen LogP contribution in [0.1, 0.15) is 6.42 Å². The van der Waals surface area contributed by atoms with Crippen molar-refractivity contribution < 1.29 is 13.2 Å². The van der Waals surface area contributed by atoms with E-state index in [9.17, 15) is 8.42 Å². The average molecular weight is 453 g/mol. The van der Waals surface area contributed by atoms with Crippen molar-refractivity contribution in [2.24, 2.45) is 14.1 Å². The molecule has 3 aromatic heterocycles. The maximum Gasteiger partial charge on any atom is 0.281 e. The minimum absolute atomic E-state index is 0.0408. The molecule has 1 N–H and O–H groups in total. The molecule has 0 spiro atoms. The Balaban J connectivity index is 1.70. The number of nitrogens with one attached hydrogen (secondary N) is 1. The largest absolute Gasteiger partial charge is 0.491 e. The lowest BCUT2D eigenvalue weighted by Crippen LogP contribution is -2.17. The maximum absolute atomic E-state index is 13.0. The lowest BCUT2D eigenvalue weighted by molar-refractivity contribution is 0.324. The fourth-order valence-corrected chi connectivity index (χ4v) is 5.15. The Kier molecular flexibility index (Phi) is 4.81. The van der Waals surface area contributed by atoms with E-state index in [0.717, 1.165) is 35.5 Å². The van der Waals surface area contributed by atoms with Crippen molar-refractivity contribution in [2.75, 3.05) is 29.8 Å². The highest BCUT2D eigenvalue weighted by atomic mass is 32.2. The number of hydrogen-bond acceptors (Lipinski definition) is 6. The van der Waals surface area contributed by atoms with Gasteiger partial charge in [0, 0.05) is 57.4 Å². The predicted molar refractivity (Wildman–Crippen MR) is 124 cm³/mol. The van der Waals surface area contributed by atoms with Crippen LogP contribution in [0.4, 0.5) is 11.4 Å². The fraction of sp³-hybridized carbons (Fsp3) is 0.273. The van der Waals surface area contributed by atoms with Crippen molar-refractivity contribution in [1.82, 2.24) is 19.3 Å². The molecule has 4 heterocycles. The molecule has 0 aliphatic carbocycles. The molecule has 0 saturated heterocycles. The summed E-state index contributed by atoms with van der Waals surface area (Å²) in [6, 6.07) is 9.16. The smallest absolute Gasteiger partial charge is 0.281 e. The van der Waals surface area contributed by atoms with Gasteiger partial charge in [0.1, 0.15) is 11.4 Å². The van der Waals surface area contributed by atoms with E-state index < -0.39 is 10.0 Å². The van der Waals surface area contributed by atoms with Gasteiger partial charge >= 0.3 is 0 Å². The van der Waals surface area contributed by atoms with Crippen LogP contribution in [0.25, 0.3) is 22.2 Å². The third-order valence-corrected chi connectivity index (χ3v) is 6.90. The monoisotopic (exact) mass is 452 g/mol. The van der Waals surface area contributed by atoms with Crippen LogP contribution in [-0.4, -0.2) is 47.9 Å². The number of rotatable bonds is 4. The van der Waals surface area contributed by atoms with Crippen molar-refractivity contribution in [1.29, 1.82) is 0 Å². The SMILES string of the molecule is CN1CCCOc2c(-c3cn(C)c4nccc(NS(=O)(=O)c5ccn(C)n5)c34)cccc21. The third-order valence-electron chi connectivity index (χ3n) is 5.65. The highest BCUT2D eigenvalue weighted by Crippen LogP contribution is 2.44. The number of hydrogen-bond donors (Lipinski definition) is 1. The van der Waals surface area contributed by atoms with Gasteiger partial charge in [0.2, 0.25) is 0 Å². The summed E-state index contributed by atoms with van der Waals surface area (Å²) < 4.78 is 38.2. The summed E-state index contributed by atoms with van der Waals surface area (Å²) in [7, 11) is 1.76. The highest BCUT2D eigenvalue weighted by molar-refractivity contribution is 7.92. The van der Waals surface area contributed by atoms with Crippen LogP contribution in [0.5, 0.6) is 5.75 Å². The molecule has 4 aromatic rings. The Labute approximate surface area is 186 Å². The maximum atomic E-state index is 13.0. The number of benzene rings is 1. The van der Waals surface area contributed by atoms with E-state index in [-0.39, 0.29) is 5.03 Å². The second-order valence-electron chi connectivity index (χ2n) is 7.92. The molecule has 1 aromatic carbocycles. The van der Waals surface area contributed by atoms with Crippen LogP contribution < -0.4 is 14.4 Å². The molecule has 0 bridgehead atoms. The molecule has 9 nitrogen and oxygen atoms in total. The number of fused-ring (bicyclic) bond motifs is 2. The summed E-state index contributed by atoms with van der Waals surface area (Å²) in [4.78, 5) is 6.68. The molecule has 10 heteroatoms. The van der Waals surface area contributed by atoms with Gasteiger partial charge in [-0.15, -0.1) is 0 Å². The first-order valence-electron chi connectivity index (χ1n) is 10.3. The van der Waals surface area contributed by atoms with Gasteiger partial charge in [-0.3, -0.25) is 9.40 Å². The van der Waals surface area contributed by atoms with Crippen molar-refractivity contribution >= 4 is 32.4 Å². The van der Waals surface area contributed by atoms with Gasteiger partial charge < -0.3 is 14.2 Å². The number of sulfonamides is 1. The van der Waals surface area contributed by atoms with Crippen LogP contribution in [-0.2, 0) is 24.1 Å². The van der Waals surface area contributed by atoms with Crippen LogP contribution in [0.15, 0.2) is 53.9 Å². The molecular formula is C22H24N6O3S. The van der Waals surface area contributed by atoms with Crippen LogP contribution in [0.2, 0.25) is 0 Å². The van der Waals surface area contributed by atoms with Crippen LogP contribution >= 0.6 is 0 Å². The van der Waals surface area contributed by atoms with Gasteiger partial charge in [0.25, 0.3) is 10.0 Å². The quantitative estimate of drug-likeness (QED) is 0.512. The van der Waals surface area contributed by atoms with Gasteiger partial charge in [-0.1, -0.05) is 12.1 Å². The van der Waals surface area contributed by atoms with E-state index in [2.05, 4.69) is 19.7 Å². The number of nitrogens with zero attached hydrogens (tertiary/aromatic N) is 5. The first-order chi connectivity index (χ1) is 15.3. The van der Waals surface area contributed by atoms with Crippen LogP contribution in [0.3, 0.4) is 0 Å². The second kappa shape index (κ2) is 7.56. The third kappa shape index (κ3) is 3.36. The normalized spacial score (nSPS) is 14.2. The van der Waals surface area contributed by atoms with E-state index >= 15 is 0 Å². The molecule has 0 radical (unpaired) electrons. The number of aromatic nitrogens is 4. The Morgan fingerprint density at radius 1 is 1.09 bits per heavy atom. The summed E-state index contributed by atoms with van der Waals surface area (Å²) in [5.41, 5.74) is 3.86. The topological polar surface area (TPSA) is 94.3 Å². The lowest BCUT2D eigenvalue weighted by atomic mass is 10.0. The summed E-state index contributed by atoms with van der Waals surface area (Å²) >= 11 is 0. The minimum atomic E-state index is -3.86. The summed E-state index contributed by atoms with van der Waals surface area (Å²) in [6.45, 7) is 1.53. The molecular weight excluding hydrogens is 428 g/mol. The molecule has 166 valence electrons. The Hall–Kier alpha value is -3.53. The molecule has 0 unspecified atom stereocenters. The van der Waals surface area contributed by atoms with Gasteiger partial charge in [0.05, 0.1) is 23.4 Å². The Bertz CT molecular complexity index is 1420. The van der Waals surface area contributed by atoms with E-state index in [1.807, 2.05) is 43.1 Å². The van der Waals surface area contributed by atoms with Crippen molar-refractivity contribution in [3.63, 3.8) is 0 Å². The first-order valence-corrected chi connectivity index (χ1v) is 11.8. The van der Waals surface area contributed by atoms with Gasteiger partial charge in [0.15, 0.2) is 5.03 Å². The second-order valence-corrected chi connectivity index (χ2v) is 9.55. The zero-order valence-corrected chi connectivity index (χ0v) is 18.9. The summed E-state index contributed by atoms with van der Waals surface area (Å²) in [6.07, 6.45) is 6.08. The molecule has 1 aliphatic rings. The zero-order valence-electron chi connectivity index (χ0n) is 18.1. The van der Waals surface area contributed by atoms with E-state index in [0.29, 0.717) is 23.3 Å². The minimum Gasteiger partial charge on any atom is -0.491 e. The summed E-state index contributed by atoms with van der Waals surface area (Å²) in [5, 5.41) is 4.71.